The summed E-state index contributed by atoms with van der Waals surface area (Å²) in [6, 6.07) is 0. The fourth-order valence-corrected chi connectivity index (χ4v) is 0. The zero-order valence-corrected chi connectivity index (χ0v) is 17.0. The summed E-state index contributed by atoms with van der Waals surface area (Å²) in [6.45, 7) is 0. The third-order valence-electron chi connectivity index (χ3n) is 0. The standard InChI is InChI=1S/BH3O3.Cu.Mn.3H2O4S.Zn/c2-1(3)4;;;3*1-5(2,3)4;/h2-4H;;;3*(H2,1,2,3,4);/q;2*+2;;;;+2/p-6. The van der Waals surface area contributed by atoms with Gasteiger partial charge in [0.15, 0.2) is 0 Å². The molecule has 22 heavy (non-hydrogen) atoms. The van der Waals surface area contributed by atoms with Crippen LogP contribution in [0.1, 0.15) is 0 Å². The van der Waals surface area contributed by atoms with Crippen LogP contribution in [0.25, 0.3) is 0 Å². The Balaban J connectivity index is -0.0000000262. The topological polar surface area (TPSA) is 301 Å². The van der Waals surface area contributed by atoms with Crippen LogP contribution >= 0.6 is 0 Å². The number of hydrogen-bond donors (Lipinski definition) is 3. The Morgan fingerprint density at radius 3 is 0.591 bits per heavy atom. The van der Waals surface area contributed by atoms with E-state index < -0.39 is 38.5 Å². The zero-order valence-electron chi connectivity index (χ0n) is 9.43. The first kappa shape index (κ1) is 43.6. The van der Waals surface area contributed by atoms with Gasteiger partial charge in [-0.2, -0.15) is 0 Å². The van der Waals surface area contributed by atoms with Crippen LogP contribution in [-0.4, -0.2) is 75.0 Å². The molecule has 0 atom stereocenters. The van der Waals surface area contributed by atoms with Crippen molar-refractivity contribution in [3.05, 3.63) is 0 Å². The van der Waals surface area contributed by atoms with Crippen LogP contribution in [0.4, 0.5) is 0 Å². The summed E-state index contributed by atoms with van der Waals surface area (Å²) >= 11 is 0. The average Bonchev–Trinajstić information content (AvgIpc) is 1.66. The molecule has 0 aliphatic heterocycles. The minimum atomic E-state index is -5.17. The van der Waals surface area contributed by atoms with Crippen molar-refractivity contribution in [2.45, 2.75) is 0 Å². The molecule has 0 saturated carbocycles. The van der Waals surface area contributed by atoms with Crippen molar-refractivity contribution >= 4 is 38.5 Å². The van der Waals surface area contributed by atoms with Gasteiger partial charge >= 0.3 is 60.9 Å². The molecule has 0 aromatic heterocycles. The maximum Gasteiger partial charge on any atom is 2.00 e. The van der Waals surface area contributed by atoms with Crippen molar-refractivity contribution in [3.8, 4) is 0 Å². The average molecular weight is 534 g/mol. The number of rotatable bonds is 0. The minimum Gasteiger partial charge on any atom is -0.759 e. The largest absolute Gasteiger partial charge is 2.00 e. The molecule has 0 amide bonds. The predicted molar refractivity (Wildman–Crippen MR) is 43.8 cm³/mol. The van der Waals surface area contributed by atoms with Gasteiger partial charge in [-0.25, -0.2) is 0 Å². The van der Waals surface area contributed by atoms with Gasteiger partial charge in [0.1, 0.15) is 0 Å². The molecule has 2 radical (unpaired) electrons. The molecule has 0 fully saturated rings. The van der Waals surface area contributed by atoms with E-state index in [4.69, 9.17) is 67.6 Å². The normalized spacial score (nSPS) is 9.14. The summed E-state index contributed by atoms with van der Waals surface area (Å²) < 4.78 is 102. The summed E-state index contributed by atoms with van der Waals surface area (Å²) in [5.74, 6) is 0. The van der Waals surface area contributed by atoms with Gasteiger partial charge in [0.25, 0.3) is 0 Å². The van der Waals surface area contributed by atoms with Crippen LogP contribution in [0.15, 0.2) is 0 Å². The Kier molecular flexibility index (Phi) is 40.1. The van der Waals surface area contributed by atoms with Crippen molar-refractivity contribution in [2.75, 3.05) is 0 Å². The van der Waals surface area contributed by atoms with E-state index in [0.717, 1.165) is 0 Å². The summed E-state index contributed by atoms with van der Waals surface area (Å²) in [6.07, 6.45) is 0. The predicted octanol–water partition coefficient (Wildman–Crippen LogP) is -6.07. The Hall–Kier alpha value is 1.22. The first-order valence-corrected chi connectivity index (χ1v) is 6.77. The second kappa shape index (κ2) is 20.3. The first-order chi connectivity index (χ1) is 7.73. The molecule has 134 valence electrons. The molecule has 0 heterocycles. The van der Waals surface area contributed by atoms with E-state index >= 15 is 0 Å². The van der Waals surface area contributed by atoms with Crippen LogP contribution in [0.3, 0.4) is 0 Å². The molecule has 0 aromatic carbocycles. The Labute approximate surface area is 159 Å². The fraction of sp³-hybridized carbons (Fsp3) is 0. The van der Waals surface area contributed by atoms with Crippen LogP contribution in [-0.2, 0) is 84.8 Å². The van der Waals surface area contributed by atoms with Crippen molar-refractivity contribution in [3.63, 3.8) is 0 Å². The van der Waals surface area contributed by atoms with Gasteiger partial charge in [0.2, 0.25) is 0 Å². The fourth-order valence-electron chi connectivity index (χ4n) is 0. The third kappa shape index (κ3) is 5850. The van der Waals surface area contributed by atoms with Gasteiger partial charge in [-0.1, -0.05) is 0 Å². The van der Waals surface area contributed by atoms with Crippen LogP contribution in [0, 0.1) is 0 Å². The Morgan fingerprint density at radius 1 is 0.591 bits per heavy atom. The molecule has 15 nitrogen and oxygen atoms in total. The zero-order chi connectivity index (χ0) is 17.1. The van der Waals surface area contributed by atoms with Crippen molar-refractivity contribution < 1.29 is 121 Å². The van der Waals surface area contributed by atoms with Gasteiger partial charge < -0.3 is 42.4 Å². The van der Waals surface area contributed by atoms with Crippen molar-refractivity contribution in [1.29, 1.82) is 0 Å². The SMILES string of the molecule is O=S(=O)([O-])[O-].O=S(=O)([O-])[O-].O=S(=O)([O-])[O-].OB(O)O.[Cu+2].[Mn+2].[Zn+2]. The quantitative estimate of drug-likeness (QED) is 0.148. The van der Waals surface area contributed by atoms with Gasteiger partial charge in [-0.3, -0.25) is 25.3 Å². The molecule has 0 saturated heterocycles. The van der Waals surface area contributed by atoms with Crippen LogP contribution in [0.5, 0.6) is 0 Å². The molecule has 0 aliphatic carbocycles. The molecule has 0 unspecified atom stereocenters. The molecular weight excluding hydrogens is 531 g/mol. The van der Waals surface area contributed by atoms with E-state index in [-0.39, 0.29) is 53.6 Å². The van der Waals surface area contributed by atoms with Gasteiger partial charge in [-0.05, 0) is 0 Å². The van der Waals surface area contributed by atoms with E-state index in [2.05, 4.69) is 0 Å². The molecule has 0 aliphatic rings. The van der Waals surface area contributed by atoms with Gasteiger partial charge in [0, 0.05) is 31.2 Å². The summed E-state index contributed by atoms with van der Waals surface area (Å²) in [7, 11) is -17.7. The summed E-state index contributed by atoms with van der Waals surface area (Å²) in [5.41, 5.74) is 0. The van der Waals surface area contributed by atoms with Crippen molar-refractivity contribution in [1.82, 2.24) is 0 Å². The smallest absolute Gasteiger partial charge is 0.759 e. The minimum absolute atomic E-state index is 0. The summed E-state index contributed by atoms with van der Waals surface area (Å²) in [5, 5.41) is 21.5. The van der Waals surface area contributed by atoms with E-state index in [1.807, 2.05) is 0 Å². The maximum atomic E-state index is 8.52. The molecule has 0 rings (SSSR count). The number of hydrogen-bond acceptors (Lipinski definition) is 15. The van der Waals surface area contributed by atoms with Gasteiger partial charge in [0.05, 0.1) is 0 Å². The van der Waals surface area contributed by atoms with E-state index in [9.17, 15) is 0 Å². The van der Waals surface area contributed by atoms with E-state index in [0.29, 0.717) is 0 Å². The molecule has 3 N–H and O–H groups in total. The van der Waals surface area contributed by atoms with Gasteiger partial charge in [-0.15, -0.1) is 0 Å². The summed E-state index contributed by atoms with van der Waals surface area (Å²) in [4.78, 5) is 0. The van der Waals surface area contributed by atoms with E-state index in [1.54, 1.807) is 0 Å². The first-order valence-electron chi connectivity index (χ1n) is 2.77. The third-order valence-corrected chi connectivity index (χ3v) is 0. The Morgan fingerprint density at radius 2 is 0.591 bits per heavy atom. The second-order valence-corrected chi connectivity index (χ2v) is 4.02. The maximum absolute atomic E-state index is 8.52. The second-order valence-electron chi connectivity index (χ2n) is 1.57. The molecule has 0 bridgehead atoms. The molecular formula is H3BCuMnO15S3Zn. The van der Waals surface area contributed by atoms with E-state index in [1.165, 1.54) is 0 Å². The molecule has 0 aromatic rings. The van der Waals surface area contributed by atoms with Crippen LogP contribution in [0.2, 0.25) is 0 Å². The molecule has 0 spiro atoms. The Bertz CT molecular complexity index is 393. The van der Waals surface area contributed by atoms with Crippen molar-refractivity contribution in [2.24, 2.45) is 0 Å². The monoisotopic (exact) mass is 532 g/mol. The molecule has 22 heteroatoms. The van der Waals surface area contributed by atoms with Crippen LogP contribution < -0.4 is 0 Å².